The molecular formula is C6H13CoN2NaS4. The average Bonchev–Trinajstić information content (AvgIpc) is 1.98. The van der Waals surface area contributed by atoms with Crippen LogP contribution in [-0.2, 0) is 16.8 Å². The summed E-state index contributed by atoms with van der Waals surface area (Å²) in [4.78, 5) is 3.79. The third-order valence-electron chi connectivity index (χ3n) is 0.915. The summed E-state index contributed by atoms with van der Waals surface area (Å²) in [6.07, 6.45) is 0. The Labute approximate surface area is 137 Å². The van der Waals surface area contributed by atoms with Crippen molar-refractivity contribution in [1.82, 2.24) is 9.80 Å². The minimum atomic E-state index is 0. The molecule has 0 aromatic rings. The molecule has 1 radical (unpaired) electrons. The molecule has 0 fully saturated rings. The molecule has 0 heterocycles. The fraction of sp³-hybridized carbons (Fsp3) is 0.667. The van der Waals surface area contributed by atoms with E-state index in [-0.39, 0.29) is 46.3 Å². The van der Waals surface area contributed by atoms with E-state index in [1.165, 1.54) is 21.6 Å². The molecule has 0 spiro atoms. The predicted octanol–water partition coefficient (Wildman–Crippen LogP) is 1.41. The first-order chi connectivity index (χ1) is 5.45. The van der Waals surface area contributed by atoms with E-state index in [2.05, 4.69) is 0 Å². The van der Waals surface area contributed by atoms with E-state index in [1.54, 1.807) is 0 Å². The number of thiocarbonyl (C=S) groups is 2. The molecule has 0 N–H and O–H groups in total. The van der Waals surface area contributed by atoms with Crippen LogP contribution in [0.2, 0.25) is 0 Å². The predicted molar refractivity (Wildman–Crippen MR) is 74.9 cm³/mol. The topological polar surface area (TPSA) is 6.48 Å². The molecule has 0 saturated carbocycles. The van der Waals surface area contributed by atoms with Gasteiger partial charge in [0.25, 0.3) is 0 Å². The molecule has 0 aromatic heterocycles. The quantitative estimate of drug-likeness (QED) is 0.375. The first-order valence-corrected chi connectivity index (χ1v) is 6.19. The number of nitrogens with zero attached hydrogens (tertiary/aromatic N) is 2. The summed E-state index contributed by atoms with van der Waals surface area (Å²) in [6, 6.07) is 0. The van der Waals surface area contributed by atoms with Crippen LogP contribution in [0.25, 0.3) is 0 Å². The Balaban J connectivity index is -0.000000605. The van der Waals surface area contributed by atoms with Crippen LogP contribution in [0.15, 0.2) is 0 Å². The second-order valence-electron chi connectivity index (χ2n) is 2.49. The van der Waals surface area contributed by atoms with Gasteiger partial charge in [-0.1, -0.05) is 24.4 Å². The van der Waals surface area contributed by atoms with Crippen LogP contribution in [0.1, 0.15) is 0 Å². The molecule has 0 bridgehead atoms. The summed E-state index contributed by atoms with van der Waals surface area (Å²) < 4.78 is 1.67. The molecule has 0 amide bonds. The second kappa shape index (κ2) is 11.5. The molecule has 0 aliphatic carbocycles. The van der Waals surface area contributed by atoms with Gasteiger partial charge in [0.05, 0.1) is 0 Å². The molecular weight excluding hydrogens is 310 g/mol. The Morgan fingerprint density at radius 3 is 1.21 bits per heavy atom. The monoisotopic (exact) mass is 323 g/mol. The number of hydrogen-bond acceptors (Lipinski definition) is 4. The molecule has 0 atom stereocenters. The van der Waals surface area contributed by atoms with Gasteiger partial charge in [-0.3, -0.25) is 0 Å². The van der Waals surface area contributed by atoms with Gasteiger partial charge >= 0.3 is 29.6 Å². The third kappa shape index (κ3) is 10.5. The molecule has 0 aromatic carbocycles. The Bertz CT molecular complexity index is 169. The summed E-state index contributed by atoms with van der Waals surface area (Å²) in [7, 11) is 10.7. The van der Waals surface area contributed by atoms with Crippen LogP contribution in [0.3, 0.4) is 0 Å². The van der Waals surface area contributed by atoms with E-state index in [9.17, 15) is 0 Å². The third-order valence-corrected chi connectivity index (χ3v) is 5.07. The van der Waals surface area contributed by atoms with Gasteiger partial charge < -0.3 is 9.80 Å². The van der Waals surface area contributed by atoms with Crippen LogP contribution >= 0.6 is 46.0 Å². The standard InChI is InChI=1S/C6H12N2S4.Co.Na.H/c1-7(2)5(9)11-12-6(10)8(3)4;;;/h1-4H3;;;. The van der Waals surface area contributed by atoms with Crippen molar-refractivity contribution in [2.45, 2.75) is 0 Å². The molecule has 81 valence electrons. The van der Waals surface area contributed by atoms with Crippen molar-refractivity contribution in [3.63, 3.8) is 0 Å². The molecule has 2 nitrogen and oxygen atoms in total. The summed E-state index contributed by atoms with van der Waals surface area (Å²) in [5.74, 6) is 0. The van der Waals surface area contributed by atoms with Crippen molar-refractivity contribution in [2.24, 2.45) is 0 Å². The molecule has 0 aliphatic heterocycles. The van der Waals surface area contributed by atoms with Crippen molar-refractivity contribution in [1.29, 1.82) is 0 Å². The van der Waals surface area contributed by atoms with Crippen LogP contribution in [0.5, 0.6) is 0 Å². The van der Waals surface area contributed by atoms with Crippen molar-refractivity contribution in [2.75, 3.05) is 28.2 Å². The van der Waals surface area contributed by atoms with Gasteiger partial charge in [-0.05, 0) is 21.6 Å². The summed E-state index contributed by atoms with van der Waals surface area (Å²) in [5, 5.41) is 0. The first-order valence-electron chi connectivity index (χ1n) is 3.22. The molecule has 0 unspecified atom stereocenters. The minimum absolute atomic E-state index is 0. The fourth-order valence-corrected chi connectivity index (χ4v) is 2.60. The summed E-state index contributed by atoms with van der Waals surface area (Å²) >= 11 is 10.1. The van der Waals surface area contributed by atoms with E-state index in [4.69, 9.17) is 24.4 Å². The zero-order valence-corrected chi connectivity index (χ0v) is 12.2. The van der Waals surface area contributed by atoms with Crippen molar-refractivity contribution in [3.05, 3.63) is 0 Å². The Morgan fingerprint density at radius 2 is 1.07 bits per heavy atom. The van der Waals surface area contributed by atoms with E-state index >= 15 is 0 Å². The average molecular weight is 323 g/mol. The summed E-state index contributed by atoms with van der Waals surface area (Å²) in [6.45, 7) is 0. The number of hydrogen-bond donors (Lipinski definition) is 0. The SMILES string of the molecule is CN(C)C(=S)SSC(=S)N(C)C.[Co].[NaH]. The van der Waals surface area contributed by atoms with Crippen molar-refractivity contribution < 1.29 is 16.8 Å². The zero-order chi connectivity index (χ0) is 9.72. The van der Waals surface area contributed by atoms with Gasteiger partial charge in [0.15, 0.2) is 0 Å². The first kappa shape index (κ1) is 21.3. The van der Waals surface area contributed by atoms with Gasteiger partial charge in [-0.2, -0.15) is 0 Å². The normalized spacial score (nSPS) is 8.00. The van der Waals surface area contributed by atoms with E-state index < -0.39 is 0 Å². The molecule has 0 rings (SSSR count). The zero-order valence-electron chi connectivity index (χ0n) is 7.86. The van der Waals surface area contributed by atoms with Gasteiger partial charge in [-0.15, -0.1) is 0 Å². The van der Waals surface area contributed by atoms with Gasteiger partial charge in [0.1, 0.15) is 8.64 Å². The van der Waals surface area contributed by atoms with Crippen LogP contribution in [0, 0.1) is 0 Å². The Hall–Kier alpha value is 1.99. The summed E-state index contributed by atoms with van der Waals surface area (Å²) in [5.41, 5.74) is 0. The second-order valence-corrected chi connectivity index (χ2v) is 5.88. The molecule has 8 heteroatoms. The van der Waals surface area contributed by atoms with Gasteiger partial charge in [0.2, 0.25) is 0 Å². The Kier molecular flexibility index (Phi) is 17.4. The van der Waals surface area contributed by atoms with Gasteiger partial charge in [0, 0.05) is 45.0 Å². The molecule has 0 saturated heterocycles. The van der Waals surface area contributed by atoms with E-state index in [0.717, 1.165) is 8.64 Å². The van der Waals surface area contributed by atoms with E-state index in [0.29, 0.717) is 0 Å². The fourth-order valence-electron chi connectivity index (χ4n) is 0.220. The Morgan fingerprint density at radius 1 is 0.857 bits per heavy atom. The van der Waals surface area contributed by atoms with E-state index in [1.807, 2.05) is 38.0 Å². The van der Waals surface area contributed by atoms with Gasteiger partial charge in [-0.25, -0.2) is 0 Å². The number of rotatable bonds is 0. The van der Waals surface area contributed by atoms with Crippen LogP contribution in [0.4, 0.5) is 0 Å². The maximum absolute atomic E-state index is 5.07. The van der Waals surface area contributed by atoms with Crippen LogP contribution < -0.4 is 0 Å². The molecule has 0 aliphatic rings. The van der Waals surface area contributed by atoms with Crippen LogP contribution in [-0.4, -0.2) is 76.2 Å². The van der Waals surface area contributed by atoms with Crippen molar-refractivity contribution >= 4 is 84.2 Å². The van der Waals surface area contributed by atoms with Crippen molar-refractivity contribution in [3.8, 4) is 0 Å². The maximum atomic E-state index is 5.07. The molecule has 14 heavy (non-hydrogen) atoms.